The average molecular weight is 248 g/mol. The number of amides is 1. The Morgan fingerprint density at radius 1 is 1.44 bits per heavy atom. The van der Waals surface area contributed by atoms with E-state index in [9.17, 15) is 9.18 Å². The Hall–Kier alpha value is -1.84. The van der Waals surface area contributed by atoms with Gasteiger partial charge in [-0.25, -0.2) is 4.39 Å². The van der Waals surface area contributed by atoms with Gasteiger partial charge in [0.25, 0.3) is 0 Å². The molecule has 1 heterocycles. The van der Waals surface area contributed by atoms with Gasteiger partial charge in [0, 0.05) is 30.9 Å². The number of nitrogens with zero attached hydrogens (tertiary/aromatic N) is 1. The van der Waals surface area contributed by atoms with Crippen molar-refractivity contribution in [3.8, 4) is 0 Å². The molecule has 2 rings (SSSR count). The molecule has 1 N–H and O–H groups in total. The summed E-state index contributed by atoms with van der Waals surface area (Å²) in [4.78, 5) is 13.3. The second-order valence-corrected chi connectivity index (χ2v) is 4.35. The van der Waals surface area contributed by atoms with Crippen molar-refractivity contribution in [2.75, 3.05) is 18.0 Å². The molecule has 3 nitrogen and oxygen atoms in total. The van der Waals surface area contributed by atoms with E-state index in [2.05, 4.69) is 16.8 Å². The molecule has 0 unspecified atom stereocenters. The third kappa shape index (κ3) is 2.70. The van der Waals surface area contributed by atoms with Gasteiger partial charge in [-0.2, -0.15) is 0 Å². The number of halogens is 1. The van der Waals surface area contributed by atoms with Gasteiger partial charge in [0.15, 0.2) is 0 Å². The van der Waals surface area contributed by atoms with E-state index in [1.807, 2.05) is 6.07 Å². The van der Waals surface area contributed by atoms with E-state index >= 15 is 0 Å². The Labute approximate surface area is 106 Å². The van der Waals surface area contributed by atoms with Gasteiger partial charge >= 0.3 is 0 Å². The molecule has 1 amide bonds. The minimum Gasteiger partial charge on any atom is -0.371 e. The van der Waals surface area contributed by atoms with Gasteiger partial charge in [0.05, 0.1) is 0 Å². The van der Waals surface area contributed by atoms with Gasteiger partial charge in [-0.3, -0.25) is 4.79 Å². The van der Waals surface area contributed by atoms with Crippen LogP contribution in [-0.4, -0.2) is 19.0 Å². The van der Waals surface area contributed by atoms with Gasteiger partial charge in [-0.15, -0.1) is 0 Å². The quantitative estimate of drug-likeness (QED) is 0.829. The van der Waals surface area contributed by atoms with Crippen molar-refractivity contribution in [2.45, 2.75) is 19.4 Å². The molecule has 1 aliphatic heterocycles. The van der Waals surface area contributed by atoms with E-state index in [0.29, 0.717) is 5.56 Å². The number of hydrogen-bond donors (Lipinski definition) is 1. The molecule has 1 saturated heterocycles. The second kappa shape index (κ2) is 5.67. The van der Waals surface area contributed by atoms with Gasteiger partial charge in [0.2, 0.25) is 5.91 Å². The highest BCUT2D eigenvalue weighted by atomic mass is 19.1. The molecular weight excluding hydrogens is 231 g/mol. The SMILES string of the molecule is C=CC(=O)NCc1c(F)cccc1N1CCCC1. The highest BCUT2D eigenvalue weighted by molar-refractivity contribution is 5.86. The van der Waals surface area contributed by atoms with Crippen LogP contribution < -0.4 is 10.2 Å². The molecule has 0 spiro atoms. The van der Waals surface area contributed by atoms with Crippen molar-refractivity contribution in [2.24, 2.45) is 0 Å². The molecule has 1 aromatic rings. The van der Waals surface area contributed by atoms with Crippen molar-refractivity contribution in [1.82, 2.24) is 5.32 Å². The molecule has 0 aromatic heterocycles. The summed E-state index contributed by atoms with van der Waals surface area (Å²) in [6, 6.07) is 5.04. The predicted octanol–water partition coefficient (Wildman–Crippen LogP) is 2.23. The summed E-state index contributed by atoms with van der Waals surface area (Å²) < 4.78 is 13.9. The third-order valence-electron chi connectivity index (χ3n) is 3.17. The summed E-state index contributed by atoms with van der Waals surface area (Å²) in [5.41, 5.74) is 1.44. The molecule has 96 valence electrons. The fourth-order valence-corrected chi connectivity index (χ4v) is 2.22. The molecule has 0 radical (unpaired) electrons. The van der Waals surface area contributed by atoms with Crippen molar-refractivity contribution in [3.63, 3.8) is 0 Å². The summed E-state index contributed by atoms with van der Waals surface area (Å²) in [6.45, 7) is 5.48. The van der Waals surface area contributed by atoms with Crippen LogP contribution in [0, 0.1) is 5.82 Å². The molecular formula is C14H17FN2O. The van der Waals surface area contributed by atoms with E-state index in [-0.39, 0.29) is 18.3 Å². The van der Waals surface area contributed by atoms with Gasteiger partial charge in [0.1, 0.15) is 5.82 Å². The van der Waals surface area contributed by atoms with Crippen LogP contribution in [0.2, 0.25) is 0 Å². The Kier molecular flexibility index (Phi) is 3.97. The van der Waals surface area contributed by atoms with E-state index < -0.39 is 0 Å². The first-order valence-electron chi connectivity index (χ1n) is 6.15. The molecule has 1 fully saturated rings. The Morgan fingerprint density at radius 3 is 2.83 bits per heavy atom. The fourth-order valence-electron chi connectivity index (χ4n) is 2.22. The zero-order chi connectivity index (χ0) is 13.0. The molecule has 18 heavy (non-hydrogen) atoms. The van der Waals surface area contributed by atoms with Crippen molar-refractivity contribution >= 4 is 11.6 Å². The lowest BCUT2D eigenvalue weighted by atomic mass is 10.1. The van der Waals surface area contributed by atoms with Crippen LogP contribution in [0.1, 0.15) is 18.4 Å². The molecule has 4 heteroatoms. The van der Waals surface area contributed by atoms with Crippen LogP contribution in [0.25, 0.3) is 0 Å². The lowest BCUT2D eigenvalue weighted by Crippen LogP contribution is -2.25. The number of anilines is 1. The maximum absolute atomic E-state index is 13.9. The number of nitrogens with one attached hydrogen (secondary N) is 1. The highest BCUT2D eigenvalue weighted by Gasteiger charge is 2.18. The van der Waals surface area contributed by atoms with E-state index in [4.69, 9.17) is 0 Å². The van der Waals surface area contributed by atoms with Crippen LogP contribution in [0.3, 0.4) is 0 Å². The van der Waals surface area contributed by atoms with Crippen LogP contribution in [0.15, 0.2) is 30.9 Å². The molecule has 0 bridgehead atoms. The van der Waals surface area contributed by atoms with Gasteiger partial charge in [-0.05, 0) is 31.1 Å². The molecule has 0 atom stereocenters. The average Bonchev–Trinajstić information content (AvgIpc) is 2.90. The van der Waals surface area contributed by atoms with E-state index in [1.54, 1.807) is 6.07 Å². The van der Waals surface area contributed by atoms with Crippen LogP contribution in [0.4, 0.5) is 10.1 Å². The van der Waals surface area contributed by atoms with Crippen molar-refractivity contribution in [3.05, 3.63) is 42.2 Å². The topological polar surface area (TPSA) is 32.3 Å². The summed E-state index contributed by atoms with van der Waals surface area (Å²) in [7, 11) is 0. The maximum Gasteiger partial charge on any atom is 0.243 e. The molecule has 0 saturated carbocycles. The van der Waals surface area contributed by atoms with Gasteiger partial charge < -0.3 is 10.2 Å². The third-order valence-corrected chi connectivity index (χ3v) is 3.17. The summed E-state index contributed by atoms with van der Waals surface area (Å²) in [6.07, 6.45) is 3.46. The summed E-state index contributed by atoms with van der Waals surface area (Å²) >= 11 is 0. The number of rotatable bonds is 4. The number of hydrogen-bond acceptors (Lipinski definition) is 2. The normalized spacial score (nSPS) is 14.6. The Morgan fingerprint density at radius 2 is 2.17 bits per heavy atom. The zero-order valence-corrected chi connectivity index (χ0v) is 10.3. The van der Waals surface area contributed by atoms with E-state index in [0.717, 1.165) is 31.6 Å². The standard InChI is InChI=1S/C14H17FN2O/c1-2-14(18)16-10-11-12(15)6-5-7-13(11)17-8-3-4-9-17/h2,5-7H,1,3-4,8-10H2,(H,16,18). The second-order valence-electron chi connectivity index (χ2n) is 4.35. The molecule has 1 aliphatic rings. The lowest BCUT2D eigenvalue weighted by molar-refractivity contribution is -0.116. The fraction of sp³-hybridized carbons (Fsp3) is 0.357. The first-order valence-corrected chi connectivity index (χ1v) is 6.15. The summed E-state index contributed by atoms with van der Waals surface area (Å²) in [5.74, 6) is -0.561. The molecule has 1 aromatic carbocycles. The maximum atomic E-state index is 13.9. The van der Waals surface area contributed by atoms with Crippen molar-refractivity contribution < 1.29 is 9.18 Å². The van der Waals surface area contributed by atoms with Crippen LogP contribution in [-0.2, 0) is 11.3 Å². The Balaban J connectivity index is 2.20. The lowest BCUT2D eigenvalue weighted by Gasteiger charge is -2.21. The van der Waals surface area contributed by atoms with Crippen LogP contribution in [0.5, 0.6) is 0 Å². The highest BCUT2D eigenvalue weighted by Crippen LogP contribution is 2.26. The Bertz CT molecular complexity index is 453. The first-order chi connectivity index (χ1) is 8.72. The monoisotopic (exact) mass is 248 g/mol. The summed E-state index contributed by atoms with van der Waals surface area (Å²) in [5, 5.41) is 2.63. The van der Waals surface area contributed by atoms with Gasteiger partial charge in [-0.1, -0.05) is 12.6 Å². The zero-order valence-electron chi connectivity index (χ0n) is 10.3. The van der Waals surface area contributed by atoms with Crippen molar-refractivity contribution in [1.29, 1.82) is 0 Å². The van der Waals surface area contributed by atoms with E-state index in [1.165, 1.54) is 12.1 Å². The minimum atomic E-state index is -0.286. The predicted molar refractivity (Wildman–Crippen MR) is 69.9 cm³/mol. The number of carbonyl (C=O) groups excluding carboxylic acids is 1. The first kappa shape index (κ1) is 12.6. The number of carbonyl (C=O) groups is 1. The van der Waals surface area contributed by atoms with Crippen LogP contribution >= 0.6 is 0 Å². The molecule has 0 aliphatic carbocycles. The smallest absolute Gasteiger partial charge is 0.243 e. The minimum absolute atomic E-state index is 0.198. The largest absolute Gasteiger partial charge is 0.371 e. The number of benzene rings is 1.